The molecule has 2 aliphatic heterocycles. The van der Waals surface area contributed by atoms with Gasteiger partial charge in [0.2, 0.25) is 0 Å². The van der Waals surface area contributed by atoms with Crippen LogP contribution in [0.15, 0.2) is 0 Å². The minimum atomic E-state index is -0.629. The summed E-state index contributed by atoms with van der Waals surface area (Å²) < 4.78 is 0. The lowest BCUT2D eigenvalue weighted by molar-refractivity contribution is -0.149. The van der Waals surface area contributed by atoms with E-state index in [0.717, 1.165) is 26.2 Å². The van der Waals surface area contributed by atoms with E-state index in [4.69, 9.17) is 5.11 Å². The van der Waals surface area contributed by atoms with E-state index in [-0.39, 0.29) is 5.92 Å². The van der Waals surface area contributed by atoms with Crippen LogP contribution in [0.3, 0.4) is 0 Å². The fraction of sp³-hybridized carbons (Fsp3) is 0.917. The number of nitrogens with zero attached hydrogens (tertiary/aromatic N) is 2. The zero-order chi connectivity index (χ0) is 11.7. The van der Waals surface area contributed by atoms with Gasteiger partial charge in [-0.2, -0.15) is 0 Å². The number of rotatable bonds is 3. The summed E-state index contributed by atoms with van der Waals surface area (Å²) in [4.78, 5) is 15.6. The van der Waals surface area contributed by atoms with Crippen molar-refractivity contribution in [3.8, 4) is 0 Å². The maximum absolute atomic E-state index is 10.7. The maximum atomic E-state index is 10.7. The Morgan fingerprint density at radius 2 is 1.81 bits per heavy atom. The predicted octanol–water partition coefficient (Wildman–Crippen LogP) is 0.876. The summed E-state index contributed by atoms with van der Waals surface area (Å²) in [5, 5.41) is 8.83. The van der Waals surface area contributed by atoms with Gasteiger partial charge in [-0.25, -0.2) is 0 Å². The largest absolute Gasteiger partial charge is 0.481 e. The number of carboxylic acid groups (broad SMARTS) is 1. The summed E-state index contributed by atoms with van der Waals surface area (Å²) in [5.41, 5.74) is 0. The number of hydrogen-bond donors (Lipinski definition) is 1. The first-order chi connectivity index (χ1) is 7.58. The molecule has 0 atom stereocenters. The van der Waals surface area contributed by atoms with Gasteiger partial charge in [-0.3, -0.25) is 9.69 Å². The maximum Gasteiger partial charge on any atom is 0.309 e. The first kappa shape index (κ1) is 11.9. The topological polar surface area (TPSA) is 43.8 Å². The minimum Gasteiger partial charge on any atom is -0.481 e. The summed E-state index contributed by atoms with van der Waals surface area (Å²) in [5.74, 6) is -0.737. The molecule has 0 radical (unpaired) electrons. The zero-order valence-corrected chi connectivity index (χ0v) is 10.2. The van der Waals surface area contributed by atoms with Crippen molar-refractivity contribution < 1.29 is 9.90 Å². The van der Waals surface area contributed by atoms with Gasteiger partial charge in [-0.05, 0) is 39.8 Å². The highest BCUT2D eigenvalue weighted by Crippen LogP contribution is 2.25. The van der Waals surface area contributed by atoms with Crippen molar-refractivity contribution in [1.29, 1.82) is 0 Å². The molecule has 0 aromatic carbocycles. The van der Waals surface area contributed by atoms with E-state index in [9.17, 15) is 4.79 Å². The average molecular weight is 226 g/mol. The molecule has 0 aromatic heterocycles. The molecule has 0 unspecified atom stereocenters. The van der Waals surface area contributed by atoms with Crippen LogP contribution in [-0.2, 0) is 4.79 Å². The van der Waals surface area contributed by atoms with Crippen LogP contribution < -0.4 is 0 Å². The van der Waals surface area contributed by atoms with Crippen molar-refractivity contribution in [2.75, 3.05) is 26.2 Å². The van der Waals surface area contributed by atoms with Crippen molar-refractivity contribution >= 4 is 5.97 Å². The summed E-state index contributed by atoms with van der Waals surface area (Å²) >= 11 is 0. The van der Waals surface area contributed by atoms with Crippen molar-refractivity contribution in [3.63, 3.8) is 0 Å². The molecule has 4 heteroatoms. The smallest absolute Gasteiger partial charge is 0.309 e. The number of carbonyl (C=O) groups is 1. The van der Waals surface area contributed by atoms with E-state index in [1.54, 1.807) is 0 Å². The van der Waals surface area contributed by atoms with Crippen LogP contribution in [-0.4, -0.2) is 59.1 Å². The van der Waals surface area contributed by atoms with Gasteiger partial charge in [-0.1, -0.05) is 0 Å². The summed E-state index contributed by atoms with van der Waals surface area (Å²) in [6.07, 6.45) is 2.40. The van der Waals surface area contributed by atoms with Crippen molar-refractivity contribution in [2.45, 2.75) is 38.8 Å². The molecule has 2 fully saturated rings. The number of hydrogen-bond acceptors (Lipinski definition) is 3. The molecule has 0 bridgehead atoms. The van der Waals surface area contributed by atoms with Crippen LogP contribution in [0.1, 0.15) is 26.7 Å². The molecule has 0 amide bonds. The van der Waals surface area contributed by atoms with Crippen LogP contribution in [0.2, 0.25) is 0 Å². The van der Waals surface area contributed by atoms with Crippen molar-refractivity contribution in [2.24, 2.45) is 5.92 Å². The number of aliphatic carboxylic acids is 1. The molecule has 0 saturated carbocycles. The highest BCUT2D eigenvalue weighted by molar-refractivity contribution is 5.71. The Hall–Kier alpha value is -0.610. The molecule has 92 valence electrons. The van der Waals surface area contributed by atoms with E-state index in [1.807, 2.05) is 0 Å². The molecule has 1 N–H and O–H groups in total. The number of likely N-dealkylation sites (tertiary alicyclic amines) is 2. The molecule has 2 saturated heterocycles. The van der Waals surface area contributed by atoms with E-state index >= 15 is 0 Å². The standard InChI is InChI=1S/C12H22N2O2/c1-9(2)13-5-3-11(4-6-13)14-7-10(8-14)12(15)16/h9-11H,3-8H2,1-2H3,(H,15,16). The minimum absolute atomic E-state index is 0.108. The Balaban J connectivity index is 1.73. The van der Waals surface area contributed by atoms with E-state index in [1.165, 1.54) is 12.8 Å². The van der Waals surface area contributed by atoms with E-state index < -0.39 is 5.97 Å². The normalized spacial score (nSPS) is 25.9. The van der Waals surface area contributed by atoms with Gasteiger partial charge in [0.15, 0.2) is 0 Å². The van der Waals surface area contributed by atoms with Gasteiger partial charge in [0.05, 0.1) is 5.92 Å². The second-order valence-electron chi connectivity index (χ2n) is 5.35. The first-order valence-electron chi connectivity index (χ1n) is 6.29. The number of carboxylic acids is 1. The SMILES string of the molecule is CC(C)N1CCC(N2CC(C(=O)O)C2)CC1. The Kier molecular flexibility index (Phi) is 3.50. The molecular weight excluding hydrogens is 204 g/mol. The Morgan fingerprint density at radius 1 is 1.25 bits per heavy atom. The van der Waals surface area contributed by atoms with Gasteiger partial charge in [0, 0.05) is 25.2 Å². The summed E-state index contributed by atoms with van der Waals surface area (Å²) in [7, 11) is 0. The van der Waals surface area contributed by atoms with Crippen molar-refractivity contribution in [3.05, 3.63) is 0 Å². The van der Waals surface area contributed by atoms with Crippen LogP contribution >= 0.6 is 0 Å². The second-order valence-corrected chi connectivity index (χ2v) is 5.35. The van der Waals surface area contributed by atoms with Crippen molar-refractivity contribution in [1.82, 2.24) is 9.80 Å². The van der Waals surface area contributed by atoms with Crippen LogP contribution in [0.25, 0.3) is 0 Å². The van der Waals surface area contributed by atoms with Gasteiger partial charge < -0.3 is 10.0 Å². The van der Waals surface area contributed by atoms with Crippen LogP contribution in [0.4, 0.5) is 0 Å². The predicted molar refractivity (Wildman–Crippen MR) is 62.4 cm³/mol. The second kappa shape index (κ2) is 4.72. The molecule has 2 aliphatic rings. The highest BCUT2D eigenvalue weighted by atomic mass is 16.4. The molecule has 0 aromatic rings. The Labute approximate surface area is 97.2 Å². The van der Waals surface area contributed by atoms with Crippen LogP contribution in [0, 0.1) is 5.92 Å². The lowest BCUT2D eigenvalue weighted by atomic mass is 9.93. The van der Waals surface area contributed by atoms with Gasteiger partial charge in [-0.15, -0.1) is 0 Å². The molecule has 16 heavy (non-hydrogen) atoms. The van der Waals surface area contributed by atoms with Gasteiger partial charge in [0.25, 0.3) is 0 Å². The lowest BCUT2D eigenvalue weighted by Crippen LogP contribution is -2.57. The zero-order valence-electron chi connectivity index (χ0n) is 10.2. The molecule has 4 nitrogen and oxygen atoms in total. The third kappa shape index (κ3) is 2.38. The van der Waals surface area contributed by atoms with E-state index in [0.29, 0.717) is 12.1 Å². The van der Waals surface area contributed by atoms with Crippen LogP contribution in [0.5, 0.6) is 0 Å². The fourth-order valence-electron chi connectivity index (χ4n) is 2.73. The molecule has 2 rings (SSSR count). The molecule has 2 heterocycles. The lowest BCUT2D eigenvalue weighted by Gasteiger charge is -2.46. The Morgan fingerprint density at radius 3 is 2.25 bits per heavy atom. The fourth-order valence-corrected chi connectivity index (χ4v) is 2.73. The third-order valence-electron chi connectivity index (χ3n) is 4.00. The monoisotopic (exact) mass is 226 g/mol. The third-order valence-corrected chi connectivity index (χ3v) is 4.00. The number of piperidine rings is 1. The highest BCUT2D eigenvalue weighted by Gasteiger charge is 2.37. The molecule has 0 aliphatic carbocycles. The first-order valence-corrected chi connectivity index (χ1v) is 6.29. The summed E-state index contributed by atoms with van der Waals surface area (Å²) in [6, 6.07) is 1.27. The molecule has 0 spiro atoms. The molecular formula is C12H22N2O2. The van der Waals surface area contributed by atoms with E-state index in [2.05, 4.69) is 23.6 Å². The van der Waals surface area contributed by atoms with Gasteiger partial charge >= 0.3 is 5.97 Å². The quantitative estimate of drug-likeness (QED) is 0.775. The van der Waals surface area contributed by atoms with Gasteiger partial charge in [0.1, 0.15) is 0 Å². The Bertz CT molecular complexity index is 254. The summed E-state index contributed by atoms with van der Waals surface area (Å²) in [6.45, 7) is 8.34. The average Bonchev–Trinajstić information content (AvgIpc) is 2.15.